The van der Waals surface area contributed by atoms with E-state index in [4.69, 9.17) is 16.0 Å². The molecule has 0 spiro atoms. The number of furan rings is 1. The Bertz CT molecular complexity index is 830. The molecule has 3 rings (SSSR count). The number of amides is 1. The maximum absolute atomic E-state index is 12.3. The van der Waals surface area contributed by atoms with E-state index in [1.54, 1.807) is 24.4 Å². The molecule has 1 N–H and O–H groups in total. The number of nitrogens with zero attached hydrogens (tertiary/aromatic N) is 1. The smallest absolute Gasteiger partial charge is 0.287 e. The van der Waals surface area contributed by atoms with E-state index in [0.717, 1.165) is 11.3 Å². The van der Waals surface area contributed by atoms with Crippen LogP contribution in [0.4, 0.5) is 0 Å². The normalized spacial score (nSPS) is 11.9. The molecule has 0 aliphatic heterocycles. The Balaban J connectivity index is 1.67. The fourth-order valence-corrected chi connectivity index (χ4v) is 2.67. The van der Waals surface area contributed by atoms with Crippen molar-refractivity contribution in [3.63, 3.8) is 0 Å². The van der Waals surface area contributed by atoms with Crippen molar-refractivity contribution in [1.29, 1.82) is 0 Å². The van der Waals surface area contributed by atoms with E-state index in [1.165, 1.54) is 0 Å². The Hall–Kier alpha value is -2.59. The molecule has 0 fully saturated rings. The van der Waals surface area contributed by atoms with Gasteiger partial charge in [-0.3, -0.25) is 9.78 Å². The number of aromatic nitrogens is 1. The minimum atomic E-state index is -0.253. The predicted molar refractivity (Wildman–Crippen MR) is 94.0 cm³/mol. The third kappa shape index (κ3) is 3.84. The molecule has 3 aromatic rings. The van der Waals surface area contributed by atoms with Crippen LogP contribution < -0.4 is 5.32 Å². The number of carbonyl (C=O) groups excluding carboxylic acids is 1. The first-order valence-corrected chi connectivity index (χ1v) is 8.07. The second kappa shape index (κ2) is 7.32. The van der Waals surface area contributed by atoms with Crippen LogP contribution in [0.2, 0.25) is 5.02 Å². The van der Waals surface area contributed by atoms with Gasteiger partial charge >= 0.3 is 0 Å². The van der Waals surface area contributed by atoms with E-state index in [1.807, 2.05) is 43.3 Å². The van der Waals surface area contributed by atoms with Gasteiger partial charge in [-0.05, 0) is 43.3 Å². The van der Waals surface area contributed by atoms with Crippen LogP contribution >= 0.6 is 11.6 Å². The van der Waals surface area contributed by atoms with E-state index in [0.29, 0.717) is 17.2 Å². The highest BCUT2D eigenvalue weighted by molar-refractivity contribution is 6.33. The predicted octanol–water partition coefficient (Wildman–Crippen LogP) is 4.36. The maximum Gasteiger partial charge on any atom is 0.287 e. The second-order valence-electron chi connectivity index (χ2n) is 5.54. The van der Waals surface area contributed by atoms with Crippen LogP contribution in [0, 0.1) is 0 Å². The van der Waals surface area contributed by atoms with Gasteiger partial charge in [0.25, 0.3) is 5.91 Å². The summed E-state index contributed by atoms with van der Waals surface area (Å²) in [4.78, 5) is 16.6. The van der Waals surface area contributed by atoms with Crippen LogP contribution in [0.5, 0.6) is 0 Å². The zero-order valence-corrected chi connectivity index (χ0v) is 14.0. The zero-order valence-electron chi connectivity index (χ0n) is 13.2. The second-order valence-corrected chi connectivity index (χ2v) is 5.95. The van der Waals surface area contributed by atoms with Gasteiger partial charge in [-0.1, -0.05) is 29.8 Å². The number of halogens is 1. The molecule has 1 aromatic carbocycles. The third-order valence-electron chi connectivity index (χ3n) is 3.59. The fourth-order valence-electron chi connectivity index (χ4n) is 2.44. The summed E-state index contributed by atoms with van der Waals surface area (Å²) < 4.78 is 5.65. The van der Waals surface area contributed by atoms with E-state index < -0.39 is 0 Å². The molecule has 0 saturated heterocycles. The Labute approximate surface area is 145 Å². The average molecular weight is 341 g/mol. The Morgan fingerprint density at radius 2 is 1.96 bits per heavy atom. The van der Waals surface area contributed by atoms with Crippen LogP contribution in [0.15, 0.2) is 65.2 Å². The lowest BCUT2D eigenvalue weighted by Crippen LogP contribution is -2.34. The lowest BCUT2D eigenvalue weighted by Gasteiger charge is -2.12. The van der Waals surface area contributed by atoms with Crippen LogP contribution in [-0.2, 0) is 6.42 Å². The summed E-state index contributed by atoms with van der Waals surface area (Å²) in [5.74, 6) is 0.581. The van der Waals surface area contributed by atoms with E-state index >= 15 is 0 Å². The topological polar surface area (TPSA) is 55.1 Å². The van der Waals surface area contributed by atoms with E-state index in [2.05, 4.69) is 10.3 Å². The summed E-state index contributed by atoms with van der Waals surface area (Å²) in [5.41, 5.74) is 1.70. The van der Waals surface area contributed by atoms with Crippen LogP contribution in [0.1, 0.15) is 23.2 Å². The average Bonchev–Trinajstić information content (AvgIpc) is 3.06. The molecule has 0 aliphatic rings. The molecule has 0 radical (unpaired) electrons. The van der Waals surface area contributed by atoms with Crippen molar-refractivity contribution in [2.24, 2.45) is 0 Å². The molecule has 24 heavy (non-hydrogen) atoms. The molecule has 0 saturated carbocycles. The zero-order chi connectivity index (χ0) is 16.9. The van der Waals surface area contributed by atoms with Gasteiger partial charge in [0.05, 0.1) is 5.02 Å². The summed E-state index contributed by atoms with van der Waals surface area (Å²) >= 11 is 6.15. The molecule has 2 aromatic heterocycles. The first kappa shape index (κ1) is 16.3. The van der Waals surface area contributed by atoms with Crippen LogP contribution in [0.3, 0.4) is 0 Å². The summed E-state index contributed by atoms with van der Waals surface area (Å²) in [6.07, 6.45) is 2.40. The Morgan fingerprint density at radius 1 is 1.17 bits per heavy atom. The number of nitrogens with one attached hydrogen (secondary N) is 1. The molecule has 1 atom stereocenters. The van der Waals surface area contributed by atoms with Crippen molar-refractivity contribution in [3.05, 3.63) is 77.3 Å². The molecule has 5 heteroatoms. The fraction of sp³-hybridized carbons (Fsp3) is 0.158. The van der Waals surface area contributed by atoms with Crippen molar-refractivity contribution in [2.75, 3.05) is 0 Å². The highest BCUT2D eigenvalue weighted by atomic mass is 35.5. The molecule has 1 amide bonds. The molecule has 4 nitrogen and oxygen atoms in total. The van der Waals surface area contributed by atoms with Gasteiger partial charge in [0.15, 0.2) is 5.76 Å². The number of hydrogen-bond donors (Lipinski definition) is 1. The maximum atomic E-state index is 12.3. The van der Waals surface area contributed by atoms with Crippen molar-refractivity contribution in [1.82, 2.24) is 10.3 Å². The van der Waals surface area contributed by atoms with Gasteiger partial charge in [-0.2, -0.15) is 0 Å². The lowest BCUT2D eigenvalue weighted by atomic mass is 10.1. The van der Waals surface area contributed by atoms with Gasteiger partial charge in [0.2, 0.25) is 0 Å². The summed E-state index contributed by atoms with van der Waals surface area (Å²) in [7, 11) is 0. The molecule has 1 unspecified atom stereocenters. The number of hydrogen-bond acceptors (Lipinski definition) is 3. The molecule has 0 aliphatic carbocycles. The molecular weight excluding hydrogens is 324 g/mol. The number of carbonyl (C=O) groups is 1. The quantitative estimate of drug-likeness (QED) is 0.751. The standard InChI is InChI=1S/C19H17ClN2O2/c1-13(12-14-6-4-5-11-21-14)22-19(23)18-10-9-17(24-18)15-7-2-3-8-16(15)20/h2-11,13H,12H2,1H3,(H,22,23). The van der Waals surface area contributed by atoms with E-state index in [-0.39, 0.29) is 17.7 Å². The number of pyridine rings is 1. The number of rotatable bonds is 5. The van der Waals surface area contributed by atoms with Crippen molar-refractivity contribution < 1.29 is 9.21 Å². The Kier molecular flexibility index (Phi) is 4.96. The summed E-state index contributed by atoms with van der Waals surface area (Å²) in [6.45, 7) is 1.94. The third-order valence-corrected chi connectivity index (χ3v) is 3.92. The van der Waals surface area contributed by atoms with Gasteiger partial charge in [-0.25, -0.2) is 0 Å². The van der Waals surface area contributed by atoms with Crippen molar-refractivity contribution >= 4 is 17.5 Å². The largest absolute Gasteiger partial charge is 0.451 e. The van der Waals surface area contributed by atoms with Gasteiger partial charge in [0.1, 0.15) is 5.76 Å². The van der Waals surface area contributed by atoms with Crippen molar-refractivity contribution in [2.45, 2.75) is 19.4 Å². The molecule has 2 heterocycles. The minimum absolute atomic E-state index is 0.0544. The minimum Gasteiger partial charge on any atom is -0.451 e. The van der Waals surface area contributed by atoms with Gasteiger partial charge in [-0.15, -0.1) is 0 Å². The highest BCUT2D eigenvalue weighted by Gasteiger charge is 2.16. The van der Waals surface area contributed by atoms with Crippen LogP contribution in [-0.4, -0.2) is 16.9 Å². The van der Waals surface area contributed by atoms with Crippen molar-refractivity contribution in [3.8, 4) is 11.3 Å². The lowest BCUT2D eigenvalue weighted by molar-refractivity contribution is 0.0913. The Morgan fingerprint density at radius 3 is 2.71 bits per heavy atom. The first-order valence-electron chi connectivity index (χ1n) is 7.69. The van der Waals surface area contributed by atoms with Crippen LogP contribution in [0.25, 0.3) is 11.3 Å². The van der Waals surface area contributed by atoms with E-state index in [9.17, 15) is 4.79 Å². The molecular formula is C19H17ClN2O2. The summed E-state index contributed by atoms with van der Waals surface area (Å²) in [5, 5.41) is 3.50. The molecule has 0 bridgehead atoms. The molecule has 122 valence electrons. The van der Waals surface area contributed by atoms with Gasteiger partial charge < -0.3 is 9.73 Å². The first-order chi connectivity index (χ1) is 11.6. The SMILES string of the molecule is CC(Cc1ccccn1)NC(=O)c1ccc(-c2ccccc2Cl)o1. The summed E-state index contributed by atoms with van der Waals surface area (Å²) in [6, 6.07) is 16.4. The number of benzene rings is 1. The monoisotopic (exact) mass is 340 g/mol. The highest BCUT2D eigenvalue weighted by Crippen LogP contribution is 2.29. The van der Waals surface area contributed by atoms with Gasteiger partial charge in [0, 0.05) is 29.9 Å².